The molecule has 0 N–H and O–H groups in total. The van der Waals surface area contributed by atoms with E-state index >= 15 is 0 Å². The van der Waals surface area contributed by atoms with Crippen molar-refractivity contribution in [1.29, 1.82) is 0 Å². The standard InChI is InChI=1S/C13H14BrNO2/c1-2-3-4-5-6-8-11-12(14)9-7-10-13(11)15(16)17/h7,9-10H,2-5H2,1H3. The van der Waals surface area contributed by atoms with E-state index in [2.05, 4.69) is 34.7 Å². The van der Waals surface area contributed by atoms with Gasteiger partial charge in [-0.3, -0.25) is 10.1 Å². The summed E-state index contributed by atoms with van der Waals surface area (Å²) in [4.78, 5) is 10.4. The number of nitrogens with zero attached hydrogens (tertiary/aromatic N) is 1. The molecule has 0 spiro atoms. The number of hydrogen-bond acceptors (Lipinski definition) is 2. The molecule has 0 aliphatic heterocycles. The topological polar surface area (TPSA) is 43.1 Å². The van der Waals surface area contributed by atoms with E-state index in [-0.39, 0.29) is 5.69 Å². The smallest absolute Gasteiger partial charge is 0.258 e. The molecule has 0 aliphatic carbocycles. The van der Waals surface area contributed by atoms with Crippen molar-refractivity contribution in [2.75, 3.05) is 0 Å². The van der Waals surface area contributed by atoms with Gasteiger partial charge in [0, 0.05) is 17.0 Å². The van der Waals surface area contributed by atoms with Gasteiger partial charge in [0.2, 0.25) is 0 Å². The zero-order valence-electron chi connectivity index (χ0n) is 9.70. The quantitative estimate of drug-likeness (QED) is 0.360. The van der Waals surface area contributed by atoms with Gasteiger partial charge in [-0.05, 0) is 28.4 Å². The van der Waals surface area contributed by atoms with Crippen molar-refractivity contribution in [3.63, 3.8) is 0 Å². The maximum atomic E-state index is 10.8. The fourth-order valence-electron chi connectivity index (χ4n) is 1.40. The summed E-state index contributed by atoms with van der Waals surface area (Å²) < 4.78 is 0.676. The molecular formula is C13H14BrNO2. The van der Waals surface area contributed by atoms with Crippen LogP contribution < -0.4 is 0 Å². The highest BCUT2D eigenvalue weighted by atomic mass is 79.9. The summed E-state index contributed by atoms with van der Waals surface area (Å²) in [6, 6.07) is 4.88. The van der Waals surface area contributed by atoms with Gasteiger partial charge in [-0.1, -0.05) is 37.7 Å². The molecule has 0 aromatic heterocycles. The van der Waals surface area contributed by atoms with E-state index in [1.807, 2.05) is 0 Å². The van der Waals surface area contributed by atoms with Crippen LogP contribution in [-0.4, -0.2) is 4.92 Å². The molecule has 4 heteroatoms. The highest BCUT2D eigenvalue weighted by molar-refractivity contribution is 9.10. The van der Waals surface area contributed by atoms with Crippen molar-refractivity contribution < 1.29 is 4.92 Å². The summed E-state index contributed by atoms with van der Waals surface area (Å²) in [6.45, 7) is 2.13. The molecule has 0 unspecified atom stereocenters. The van der Waals surface area contributed by atoms with Crippen LogP contribution in [0.15, 0.2) is 22.7 Å². The van der Waals surface area contributed by atoms with Crippen LogP contribution >= 0.6 is 15.9 Å². The van der Waals surface area contributed by atoms with Crippen LogP contribution in [-0.2, 0) is 0 Å². The predicted molar refractivity (Wildman–Crippen MR) is 71.8 cm³/mol. The Balaban J connectivity index is 2.85. The van der Waals surface area contributed by atoms with E-state index in [1.54, 1.807) is 12.1 Å². The monoisotopic (exact) mass is 295 g/mol. The van der Waals surface area contributed by atoms with Crippen LogP contribution in [0, 0.1) is 22.0 Å². The van der Waals surface area contributed by atoms with Crippen LogP contribution in [0.4, 0.5) is 5.69 Å². The first-order valence-corrected chi connectivity index (χ1v) is 6.38. The Morgan fingerprint density at radius 1 is 1.41 bits per heavy atom. The van der Waals surface area contributed by atoms with E-state index < -0.39 is 4.92 Å². The summed E-state index contributed by atoms with van der Waals surface area (Å²) in [5.41, 5.74) is 0.524. The third kappa shape index (κ3) is 4.20. The fraction of sp³-hybridized carbons (Fsp3) is 0.385. The molecule has 0 bridgehead atoms. The molecule has 0 heterocycles. The molecular weight excluding hydrogens is 282 g/mol. The number of nitro benzene ring substituents is 1. The summed E-state index contributed by atoms with van der Waals surface area (Å²) in [7, 11) is 0. The third-order valence-corrected chi connectivity index (χ3v) is 2.97. The summed E-state index contributed by atoms with van der Waals surface area (Å²) >= 11 is 3.29. The molecule has 0 fully saturated rings. The first-order valence-electron chi connectivity index (χ1n) is 5.58. The molecule has 0 radical (unpaired) electrons. The van der Waals surface area contributed by atoms with E-state index in [1.165, 1.54) is 6.07 Å². The Labute approximate surface area is 110 Å². The Morgan fingerprint density at radius 2 is 2.18 bits per heavy atom. The second-order valence-corrected chi connectivity index (χ2v) is 4.50. The van der Waals surface area contributed by atoms with Crippen molar-refractivity contribution in [3.05, 3.63) is 38.3 Å². The van der Waals surface area contributed by atoms with Gasteiger partial charge in [0.15, 0.2) is 0 Å². The minimum absolute atomic E-state index is 0.0577. The van der Waals surface area contributed by atoms with Crippen molar-refractivity contribution in [2.24, 2.45) is 0 Å². The van der Waals surface area contributed by atoms with Crippen molar-refractivity contribution in [2.45, 2.75) is 32.6 Å². The molecule has 0 amide bonds. The normalized spacial score (nSPS) is 9.53. The second-order valence-electron chi connectivity index (χ2n) is 3.65. The Kier molecular flexibility index (Phi) is 5.71. The van der Waals surface area contributed by atoms with Gasteiger partial charge >= 0.3 is 0 Å². The highest BCUT2D eigenvalue weighted by Crippen LogP contribution is 2.25. The zero-order valence-corrected chi connectivity index (χ0v) is 11.3. The second kappa shape index (κ2) is 7.08. The van der Waals surface area contributed by atoms with E-state index in [0.717, 1.165) is 25.7 Å². The largest absolute Gasteiger partial charge is 0.286 e. The van der Waals surface area contributed by atoms with Crippen LogP contribution in [0.5, 0.6) is 0 Å². The fourth-order valence-corrected chi connectivity index (χ4v) is 1.86. The zero-order chi connectivity index (χ0) is 12.7. The van der Waals surface area contributed by atoms with E-state index in [0.29, 0.717) is 10.0 Å². The van der Waals surface area contributed by atoms with Gasteiger partial charge in [0.1, 0.15) is 5.56 Å². The van der Waals surface area contributed by atoms with Crippen LogP contribution in [0.3, 0.4) is 0 Å². The average molecular weight is 296 g/mol. The predicted octanol–water partition coefficient (Wildman–Crippen LogP) is 4.29. The lowest BCUT2D eigenvalue weighted by Crippen LogP contribution is -1.92. The number of rotatable bonds is 4. The minimum atomic E-state index is -0.402. The summed E-state index contributed by atoms with van der Waals surface area (Å²) in [5.74, 6) is 5.87. The average Bonchev–Trinajstić information content (AvgIpc) is 2.30. The lowest BCUT2D eigenvalue weighted by molar-refractivity contribution is -0.385. The Bertz CT molecular complexity index is 460. The van der Waals surface area contributed by atoms with E-state index in [4.69, 9.17) is 0 Å². The number of nitro groups is 1. The molecule has 0 saturated carbocycles. The van der Waals surface area contributed by atoms with Crippen LogP contribution in [0.2, 0.25) is 0 Å². The molecule has 1 aromatic carbocycles. The number of halogens is 1. The Morgan fingerprint density at radius 3 is 2.82 bits per heavy atom. The first-order chi connectivity index (χ1) is 8.16. The molecule has 0 aliphatic rings. The SMILES string of the molecule is CCCCCC#Cc1c(Br)cccc1[N+](=O)[O-]. The lowest BCUT2D eigenvalue weighted by Gasteiger charge is -1.97. The maximum absolute atomic E-state index is 10.8. The maximum Gasteiger partial charge on any atom is 0.286 e. The van der Waals surface area contributed by atoms with Crippen molar-refractivity contribution in [1.82, 2.24) is 0 Å². The Hall–Kier alpha value is -1.34. The van der Waals surface area contributed by atoms with Gasteiger partial charge < -0.3 is 0 Å². The van der Waals surface area contributed by atoms with Crippen molar-refractivity contribution >= 4 is 21.6 Å². The molecule has 1 aromatic rings. The first kappa shape index (κ1) is 13.7. The molecule has 3 nitrogen and oxygen atoms in total. The van der Waals surface area contributed by atoms with Gasteiger partial charge in [0.25, 0.3) is 5.69 Å². The highest BCUT2D eigenvalue weighted by Gasteiger charge is 2.13. The summed E-state index contributed by atoms with van der Waals surface area (Å²) in [6.07, 6.45) is 4.12. The van der Waals surface area contributed by atoms with E-state index in [9.17, 15) is 10.1 Å². The minimum Gasteiger partial charge on any atom is -0.258 e. The van der Waals surface area contributed by atoms with Crippen molar-refractivity contribution in [3.8, 4) is 11.8 Å². The molecule has 1 rings (SSSR count). The summed E-state index contributed by atoms with van der Waals surface area (Å²) in [5, 5.41) is 10.8. The molecule has 0 saturated heterocycles. The number of hydrogen-bond donors (Lipinski definition) is 0. The van der Waals surface area contributed by atoms with Gasteiger partial charge in [-0.15, -0.1) is 0 Å². The molecule has 17 heavy (non-hydrogen) atoms. The van der Waals surface area contributed by atoms with Crippen LogP contribution in [0.1, 0.15) is 38.2 Å². The van der Waals surface area contributed by atoms with Crippen LogP contribution in [0.25, 0.3) is 0 Å². The third-order valence-electron chi connectivity index (χ3n) is 2.31. The van der Waals surface area contributed by atoms with Gasteiger partial charge in [-0.25, -0.2) is 0 Å². The lowest BCUT2D eigenvalue weighted by atomic mass is 10.1. The molecule has 0 atom stereocenters. The number of benzene rings is 1. The van der Waals surface area contributed by atoms with Gasteiger partial charge in [-0.2, -0.15) is 0 Å². The number of unbranched alkanes of at least 4 members (excludes halogenated alkanes) is 3. The van der Waals surface area contributed by atoms with Gasteiger partial charge in [0.05, 0.1) is 4.92 Å². The molecule has 90 valence electrons.